The molecule has 2 nitrogen and oxygen atoms in total. The first kappa shape index (κ1) is 16.7. The van der Waals surface area contributed by atoms with Gasteiger partial charge in [0.2, 0.25) is 0 Å². The molecule has 0 aromatic rings. The van der Waals surface area contributed by atoms with E-state index in [-0.39, 0.29) is 11.6 Å². The monoisotopic (exact) mass is 292 g/mol. The third-order valence-electron chi connectivity index (χ3n) is 5.63. The number of carbonyl (C=O) groups is 2. The van der Waals surface area contributed by atoms with E-state index < -0.39 is 0 Å². The van der Waals surface area contributed by atoms with Gasteiger partial charge in [0.25, 0.3) is 0 Å². The van der Waals surface area contributed by atoms with Crippen LogP contribution in [0.3, 0.4) is 0 Å². The minimum absolute atomic E-state index is 0.105. The zero-order valence-electron chi connectivity index (χ0n) is 13.7. The molecule has 0 bridgehead atoms. The molecule has 3 unspecified atom stereocenters. The molecule has 0 spiro atoms. The third kappa shape index (κ3) is 5.56. The Morgan fingerprint density at radius 2 is 1.43 bits per heavy atom. The Bertz CT molecular complexity index is 347. The molecule has 0 aliphatic heterocycles. The second-order valence-corrected chi connectivity index (χ2v) is 7.23. The Morgan fingerprint density at radius 1 is 0.810 bits per heavy atom. The number of hydrogen-bond donors (Lipinski definition) is 0. The van der Waals surface area contributed by atoms with Crippen molar-refractivity contribution < 1.29 is 9.59 Å². The van der Waals surface area contributed by atoms with Crippen LogP contribution in [0.1, 0.15) is 90.4 Å². The lowest BCUT2D eigenvalue weighted by Crippen LogP contribution is -2.13. The fourth-order valence-corrected chi connectivity index (χ4v) is 4.10. The quantitative estimate of drug-likeness (QED) is 0.631. The summed E-state index contributed by atoms with van der Waals surface area (Å²) >= 11 is 0. The summed E-state index contributed by atoms with van der Waals surface area (Å²) in [4.78, 5) is 23.5. The van der Waals surface area contributed by atoms with Gasteiger partial charge in [0, 0.05) is 12.8 Å². The Kier molecular flexibility index (Phi) is 6.92. The molecule has 3 atom stereocenters. The smallest absolute Gasteiger partial charge is 0.198 e. The van der Waals surface area contributed by atoms with E-state index in [1.807, 2.05) is 0 Å². The van der Waals surface area contributed by atoms with Crippen LogP contribution in [0.5, 0.6) is 0 Å². The minimum Gasteiger partial charge on any atom is -0.291 e. The highest BCUT2D eigenvalue weighted by molar-refractivity contribution is 6.37. The van der Waals surface area contributed by atoms with Crippen molar-refractivity contribution in [2.24, 2.45) is 17.8 Å². The minimum atomic E-state index is -0.110. The molecule has 21 heavy (non-hydrogen) atoms. The normalized spacial score (nSPS) is 33.5. The van der Waals surface area contributed by atoms with Gasteiger partial charge in [-0.25, -0.2) is 0 Å². The van der Waals surface area contributed by atoms with Crippen LogP contribution in [0, 0.1) is 17.8 Å². The Labute approximate surface area is 130 Å². The van der Waals surface area contributed by atoms with E-state index in [1.165, 1.54) is 51.4 Å². The first-order chi connectivity index (χ1) is 10.2. The lowest BCUT2D eigenvalue weighted by atomic mass is 9.91. The molecule has 0 radical (unpaired) electrons. The Hall–Kier alpha value is -0.660. The van der Waals surface area contributed by atoms with Gasteiger partial charge in [-0.2, -0.15) is 0 Å². The lowest BCUT2D eigenvalue weighted by molar-refractivity contribution is -0.136. The highest BCUT2D eigenvalue weighted by Gasteiger charge is 2.40. The molecule has 2 aliphatic rings. The summed E-state index contributed by atoms with van der Waals surface area (Å²) in [6.07, 6.45) is 14.5. The zero-order valence-corrected chi connectivity index (χ0v) is 13.7. The second-order valence-electron chi connectivity index (χ2n) is 7.23. The largest absolute Gasteiger partial charge is 0.291 e. The van der Waals surface area contributed by atoms with Crippen molar-refractivity contribution in [1.82, 2.24) is 0 Å². The lowest BCUT2D eigenvalue weighted by Gasteiger charge is -2.15. The van der Waals surface area contributed by atoms with Gasteiger partial charge >= 0.3 is 0 Å². The van der Waals surface area contributed by atoms with Crippen LogP contribution in [0.2, 0.25) is 0 Å². The van der Waals surface area contributed by atoms with E-state index in [0.29, 0.717) is 12.8 Å². The summed E-state index contributed by atoms with van der Waals surface area (Å²) < 4.78 is 0. The van der Waals surface area contributed by atoms with Crippen molar-refractivity contribution in [2.45, 2.75) is 90.4 Å². The van der Waals surface area contributed by atoms with Crippen LogP contribution < -0.4 is 0 Å². The number of ketones is 2. The molecule has 2 rings (SSSR count). The Morgan fingerprint density at radius 3 is 2.14 bits per heavy atom. The average molecular weight is 292 g/mol. The van der Waals surface area contributed by atoms with Gasteiger partial charge in [-0.1, -0.05) is 51.9 Å². The molecule has 0 heterocycles. The summed E-state index contributed by atoms with van der Waals surface area (Å²) in [6, 6.07) is 0. The predicted molar refractivity (Wildman–Crippen MR) is 86.2 cm³/mol. The van der Waals surface area contributed by atoms with E-state index in [4.69, 9.17) is 0 Å². The summed E-state index contributed by atoms with van der Waals surface area (Å²) in [5.74, 6) is 2.48. The zero-order chi connectivity index (χ0) is 15.1. The van der Waals surface area contributed by atoms with Crippen molar-refractivity contribution in [1.29, 1.82) is 0 Å². The molecule has 2 fully saturated rings. The molecule has 2 saturated carbocycles. The molecule has 0 saturated heterocycles. The van der Waals surface area contributed by atoms with E-state index in [2.05, 4.69) is 6.92 Å². The maximum Gasteiger partial charge on any atom is 0.198 e. The SMILES string of the molecule is CCC1CCCCCCCCC(=O)C(=O)CCCC2CC12. The molecule has 0 aromatic heterocycles. The highest BCUT2D eigenvalue weighted by Crippen LogP contribution is 2.50. The van der Waals surface area contributed by atoms with Crippen LogP contribution in [-0.4, -0.2) is 11.6 Å². The van der Waals surface area contributed by atoms with Gasteiger partial charge in [-0.3, -0.25) is 9.59 Å². The van der Waals surface area contributed by atoms with Gasteiger partial charge in [-0.05, 0) is 43.4 Å². The number of hydrogen-bond acceptors (Lipinski definition) is 2. The van der Waals surface area contributed by atoms with E-state index in [0.717, 1.165) is 37.0 Å². The van der Waals surface area contributed by atoms with Gasteiger partial charge < -0.3 is 0 Å². The Balaban J connectivity index is 1.81. The van der Waals surface area contributed by atoms with Crippen LogP contribution in [0.25, 0.3) is 0 Å². The summed E-state index contributed by atoms with van der Waals surface area (Å²) in [6.45, 7) is 2.33. The number of carbonyl (C=O) groups excluding carboxylic acids is 2. The van der Waals surface area contributed by atoms with Gasteiger partial charge in [0.1, 0.15) is 0 Å². The molecule has 120 valence electrons. The fraction of sp³-hybridized carbons (Fsp3) is 0.895. The maximum atomic E-state index is 11.8. The standard InChI is InChI=1S/C19H32O2/c1-2-15-10-7-5-3-4-6-8-12-18(20)19(21)13-9-11-16-14-17(15)16/h15-17H,2-14H2,1H3. The molecule has 0 amide bonds. The summed E-state index contributed by atoms with van der Waals surface area (Å²) in [7, 11) is 0. The fourth-order valence-electron chi connectivity index (χ4n) is 4.10. The molecule has 0 N–H and O–H groups in total. The summed E-state index contributed by atoms with van der Waals surface area (Å²) in [5, 5.41) is 0. The van der Waals surface area contributed by atoms with E-state index in [9.17, 15) is 9.59 Å². The molecule has 2 aliphatic carbocycles. The van der Waals surface area contributed by atoms with Crippen LogP contribution in [0.4, 0.5) is 0 Å². The summed E-state index contributed by atoms with van der Waals surface area (Å²) in [5.41, 5.74) is 0. The van der Waals surface area contributed by atoms with Crippen LogP contribution in [-0.2, 0) is 9.59 Å². The highest BCUT2D eigenvalue weighted by atomic mass is 16.2. The van der Waals surface area contributed by atoms with Crippen LogP contribution >= 0.6 is 0 Å². The number of fused-ring (bicyclic) bond motifs is 1. The van der Waals surface area contributed by atoms with Crippen molar-refractivity contribution in [2.75, 3.05) is 0 Å². The first-order valence-electron chi connectivity index (χ1n) is 9.28. The van der Waals surface area contributed by atoms with Gasteiger partial charge in [0.15, 0.2) is 11.6 Å². The maximum absolute atomic E-state index is 11.8. The van der Waals surface area contributed by atoms with Gasteiger partial charge in [-0.15, -0.1) is 0 Å². The molecule has 0 aromatic carbocycles. The molecular weight excluding hydrogens is 260 g/mol. The second kappa shape index (κ2) is 8.70. The number of Topliss-reactive ketones (excluding diaryl/α,β-unsaturated/α-hetero) is 2. The molecular formula is C19H32O2. The van der Waals surface area contributed by atoms with Crippen LogP contribution in [0.15, 0.2) is 0 Å². The predicted octanol–water partition coefficient (Wildman–Crippen LogP) is 5.09. The third-order valence-corrected chi connectivity index (χ3v) is 5.63. The van der Waals surface area contributed by atoms with Gasteiger partial charge in [0.05, 0.1) is 0 Å². The van der Waals surface area contributed by atoms with Crippen molar-refractivity contribution in [3.8, 4) is 0 Å². The van der Waals surface area contributed by atoms with Crippen molar-refractivity contribution in [3.63, 3.8) is 0 Å². The van der Waals surface area contributed by atoms with Crippen molar-refractivity contribution >= 4 is 11.6 Å². The van der Waals surface area contributed by atoms with E-state index in [1.54, 1.807) is 0 Å². The van der Waals surface area contributed by atoms with E-state index >= 15 is 0 Å². The number of rotatable bonds is 1. The van der Waals surface area contributed by atoms with Crippen molar-refractivity contribution in [3.05, 3.63) is 0 Å². The topological polar surface area (TPSA) is 34.1 Å². The molecule has 2 heteroatoms. The first-order valence-corrected chi connectivity index (χ1v) is 9.28. The average Bonchev–Trinajstić information content (AvgIpc) is 3.23.